The van der Waals surface area contributed by atoms with E-state index < -0.39 is 0 Å². The summed E-state index contributed by atoms with van der Waals surface area (Å²) in [5.41, 5.74) is 7.13. The molecule has 2 fully saturated rings. The Morgan fingerprint density at radius 3 is 2.72 bits per heavy atom. The number of nitrogens with two attached hydrogens (primary N) is 1. The number of nitrogens with zero attached hydrogens (tertiary/aromatic N) is 1. The molecule has 6 nitrogen and oxygen atoms in total. The van der Waals surface area contributed by atoms with Gasteiger partial charge in [-0.3, -0.25) is 4.79 Å². The summed E-state index contributed by atoms with van der Waals surface area (Å²) in [4.78, 5) is 17.2. The van der Waals surface area contributed by atoms with Crippen molar-refractivity contribution in [3.05, 3.63) is 48.2 Å². The van der Waals surface area contributed by atoms with E-state index in [1.165, 1.54) is 0 Å². The topological polar surface area (TPSA) is 86.5 Å². The molecular formula is C23H29N3O3. The minimum Gasteiger partial charge on any atom is -0.490 e. The first kappa shape index (κ1) is 19.7. The number of nitrogens with one attached hydrogen (secondary N) is 1. The molecule has 0 aliphatic heterocycles. The fourth-order valence-electron chi connectivity index (χ4n) is 4.65. The molecule has 4 rings (SSSR count). The second-order valence-electron chi connectivity index (χ2n) is 8.02. The van der Waals surface area contributed by atoms with Crippen molar-refractivity contribution in [2.24, 2.45) is 23.5 Å². The van der Waals surface area contributed by atoms with E-state index in [0.29, 0.717) is 42.4 Å². The van der Waals surface area contributed by atoms with Gasteiger partial charge in [0.05, 0.1) is 12.5 Å². The fraction of sp³-hybridized carbons (Fsp3) is 0.478. The summed E-state index contributed by atoms with van der Waals surface area (Å²) in [6.07, 6.45) is 5.97. The van der Waals surface area contributed by atoms with E-state index in [2.05, 4.69) is 17.2 Å². The SMILES string of the molecule is CCCOc1ccccc1Oc1ncccc1CNC(=O)C1C2CCC(C2)C1N. The molecule has 29 heavy (non-hydrogen) atoms. The maximum absolute atomic E-state index is 12.8. The third-order valence-electron chi connectivity index (χ3n) is 6.10. The van der Waals surface area contributed by atoms with Crippen LogP contribution >= 0.6 is 0 Å². The molecule has 0 saturated heterocycles. The number of amides is 1. The average Bonchev–Trinajstić information content (AvgIpc) is 3.33. The maximum atomic E-state index is 12.8. The van der Waals surface area contributed by atoms with E-state index in [4.69, 9.17) is 15.2 Å². The van der Waals surface area contributed by atoms with Crippen molar-refractivity contribution in [2.45, 2.75) is 45.2 Å². The van der Waals surface area contributed by atoms with Crippen LogP contribution in [0, 0.1) is 17.8 Å². The summed E-state index contributed by atoms with van der Waals surface area (Å²) in [6.45, 7) is 3.04. The normalized spacial score (nSPS) is 25.0. The van der Waals surface area contributed by atoms with Crippen molar-refractivity contribution in [3.8, 4) is 17.4 Å². The first-order valence-corrected chi connectivity index (χ1v) is 10.5. The Kier molecular flexibility index (Phi) is 6.00. The molecule has 2 aliphatic carbocycles. The number of hydrogen-bond acceptors (Lipinski definition) is 5. The lowest BCUT2D eigenvalue weighted by Gasteiger charge is -2.27. The molecule has 4 unspecified atom stereocenters. The predicted molar refractivity (Wildman–Crippen MR) is 111 cm³/mol. The molecule has 1 heterocycles. The predicted octanol–water partition coefficient (Wildman–Crippen LogP) is 3.65. The summed E-state index contributed by atoms with van der Waals surface area (Å²) in [5, 5.41) is 3.06. The summed E-state index contributed by atoms with van der Waals surface area (Å²) < 4.78 is 11.8. The summed E-state index contributed by atoms with van der Waals surface area (Å²) in [7, 11) is 0. The van der Waals surface area contributed by atoms with Gasteiger partial charge in [0.2, 0.25) is 11.8 Å². The molecule has 2 aromatic rings. The fourth-order valence-corrected chi connectivity index (χ4v) is 4.65. The van der Waals surface area contributed by atoms with Gasteiger partial charge in [-0.15, -0.1) is 0 Å². The van der Waals surface area contributed by atoms with Gasteiger partial charge in [-0.05, 0) is 55.7 Å². The van der Waals surface area contributed by atoms with Gasteiger partial charge < -0.3 is 20.5 Å². The van der Waals surface area contributed by atoms with Gasteiger partial charge in [-0.2, -0.15) is 0 Å². The quantitative estimate of drug-likeness (QED) is 0.712. The number of carbonyl (C=O) groups is 1. The van der Waals surface area contributed by atoms with E-state index in [-0.39, 0.29) is 17.9 Å². The van der Waals surface area contributed by atoms with Gasteiger partial charge >= 0.3 is 0 Å². The third-order valence-corrected chi connectivity index (χ3v) is 6.10. The van der Waals surface area contributed by atoms with E-state index in [1.807, 2.05) is 36.4 Å². The van der Waals surface area contributed by atoms with E-state index >= 15 is 0 Å². The van der Waals surface area contributed by atoms with Crippen LogP contribution in [0.1, 0.15) is 38.2 Å². The standard InChI is InChI=1S/C23H29N3O3/c1-2-12-28-18-7-3-4-8-19(18)29-23-17(6-5-11-25-23)14-26-22(27)20-15-9-10-16(13-15)21(20)24/h3-8,11,15-16,20-21H,2,9-10,12-14,24H2,1H3,(H,26,27). The molecule has 0 radical (unpaired) electrons. The monoisotopic (exact) mass is 395 g/mol. The molecular weight excluding hydrogens is 366 g/mol. The van der Waals surface area contributed by atoms with Gasteiger partial charge in [0.25, 0.3) is 0 Å². The van der Waals surface area contributed by atoms with E-state index in [9.17, 15) is 4.79 Å². The van der Waals surface area contributed by atoms with E-state index in [0.717, 1.165) is 31.2 Å². The number of aromatic nitrogens is 1. The van der Waals surface area contributed by atoms with Crippen LogP contribution in [0.3, 0.4) is 0 Å². The Morgan fingerprint density at radius 1 is 1.17 bits per heavy atom. The van der Waals surface area contributed by atoms with Crippen molar-refractivity contribution in [1.29, 1.82) is 0 Å². The molecule has 4 atom stereocenters. The zero-order chi connectivity index (χ0) is 20.2. The van der Waals surface area contributed by atoms with Crippen LogP contribution in [-0.4, -0.2) is 23.5 Å². The zero-order valence-corrected chi connectivity index (χ0v) is 16.8. The third kappa shape index (κ3) is 4.22. The average molecular weight is 396 g/mol. The molecule has 1 aromatic carbocycles. The maximum Gasteiger partial charge on any atom is 0.225 e. The van der Waals surface area contributed by atoms with Crippen LogP contribution in [0.2, 0.25) is 0 Å². The summed E-state index contributed by atoms with van der Waals surface area (Å²) in [6, 6.07) is 11.3. The number of para-hydroxylation sites is 2. The van der Waals surface area contributed by atoms with Crippen LogP contribution < -0.4 is 20.5 Å². The Balaban J connectivity index is 1.43. The second kappa shape index (κ2) is 8.82. The van der Waals surface area contributed by atoms with Gasteiger partial charge in [0.15, 0.2) is 11.5 Å². The summed E-state index contributed by atoms with van der Waals surface area (Å²) >= 11 is 0. The lowest BCUT2D eigenvalue weighted by molar-refractivity contribution is -0.127. The first-order valence-electron chi connectivity index (χ1n) is 10.5. The molecule has 1 amide bonds. The van der Waals surface area contributed by atoms with Crippen molar-refractivity contribution in [2.75, 3.05) is 6.61 Å². The molecule has 2 aliphatic rings. The summed E-state index contributed by atoms with van der Waals surface area (Å²) in [5.74, 6) is 2.68. The largest absolute Gasteiger partial charge is 0.490 e. The smallest absolute Gasteiger partial charge is 0.225 e. The highest BCUT2D eigenvalue weighted by Crippen LogP contribution is 2.47. The number of hydrogen-bond donors (Lipinski definition) is 2. The Bertz CT molecular complexity index is 855. The minimum absolute atomic E-state index is 0.0130. The lowest BCUT2D eigenvalue weighted by atomic mass is 9.84. The van der Waals surface area contributed by atoms with Crippen molar-refractivity contribution >= 4 is 5.91 Å². The molecule has 1 aromatic heterocycles. The van der Waals surface area contributed by atoms with Crippen molar-refractivity contribution in [1.82, 2.24) is 10.3 Å². The highest BCUT2D eigenvalue weighted by molar-refractivity contribution is 5.80. The van der Waals surface area contributed by atoms with Gasteiger partial charge in [-0.1, -0.05) is 25.1 Å². The van der Waals surface area contributed by atoms with Gasteiger partial charge in [0.1, 0.15) is 0 Å². The van der Waals surface area contributed by atoms with E-state index in [1.54, 1.807) is 6.20 Å². The van der Waals surface area contributed by atoms with Gasteiger partial charge in [0, 0.05) is 24.3 Å². The number of ether oxygens (including phenoxy) is 2. The number of carbonyl (C=O) groups excluding carboxylic acids is 1. The Hall–Kier alpha value is -2.60. The second-order valence-corrected chi connectivity index (χ2v) is 8.02. The zero-order valence-electron chi connectivity index (χ0n) is 16.8. The Labute approximate surface area is 171 Å². The van der Waals surface area contributed by atoms with Crippen molar-refractivity contribution < 1.29 is 14.3 Å². The van der Waals surface area contributed by atoms with Crippen LogP contribution in [0.25, 0.3) is 0 Å². The van der Waals surface area contributed by atoms with Crippen LogP contribution in [0.4, 0.5) is 0 Å². The number of fused-ring (bicyclic) bond motifs is 2. The molecule has 3 N–H and O–H groups in total. The molecule has 0 spiro atoms. The molecule has 154 valence electrons. The van der Waals surface area contributed by atoms with Crippen LogP contribution in [-0.2, 0) is 11.3 Å². The first-order chi connectivity index (χ1) is 14.2. The van der Waals surface area contributed by atoms with Gasteiger partial charge in [-0.25, -0.2) is 4.98 Å². The van der Waals surface area contributed by atoms with Crippen LogP contribution in [0.15, 0.2) is 42.6 Å². The number of pyridine rings is 1. The molecule has 2 bridgehead atoms. The lowest BCUT2D eigenvalue weighted by Crippen LogP contribution is -2.45. The highest BCUT2D eigenvalue weighted by atomic mass is 16.5. The molecule has 6 heteroatoms. The Morgan fingerprint density at radius 2 is 1.97 bits per heavy atom. The van der Waals surface area contributed by atoms with Crippen LogP contribution in [0.5, 0.6) is 17.4 Å². The number of rotatable bonds is 8. The molecule has 2 saturated carbocycles. The minimum atomic E-state index is -0.0713. The number of benzene rings is 1. The highest BCUT2D eigenvalue weighted by Gasteiger charge is 2.48. The van der Waals surface area contributed by atoms with Crippen molar-refractivity contribution in [3.63, 3.8) is 0 Å².